The maximum absolute atomic E-state index is 12.2. The average Bonchev–Trinajstić information content (AvgIpc) is 2.85. The molecule has 0 unspecified atom stereocenters. The number of aryl methyl sites for hydroxylation is 2. The fourth-order valence-electron chi connectivity index (χ4n) is 2.49. The molecule has 3 rings (SSSR count). The van der Waals surface area contributed by atoms with Crippen LogP contribution in [0.3, 0.4) is 0 Å². The number of fused-ring (bicyclic) bond motifs is 1. The molecule has 3 nitrogen and oxygen atoms in total. The Labute approximate surface area is 123 Å². The van der Waals surface area contributed by atoms with Crippen LogP contribution < -0.4 is 5.32 Å². The summed E-state index contributed by atoms with van der Waals surface area (Å²) in [6.45, 7) is 4.03. The van der Waals surface area contributed by atoms with E-state index < -0.39 is 0 Å². The molecule has 0 saturated heterocycles. The van der Waals surface area contributed by atoms with Crippen molar-refractivity contribution < 1.29 is 9.21 Å². The molecule has 1 N–H and O–H groups in total. The van der Waals surface area contributed by atoms with Gasteiger partial charge >= 0.3 is 0 Å². The molecule has 1 aromatic heterocycles. The van der Waals surface area contributed by atoms with Gasteiger partial charge in [-0.15, -0.1) is 0 Å². The van der Waals surface area contributed by atoms with Crippen molar-refractivity contribution in [2.24, 2.45) is 0 Å². The first-order valence-corrected chi connectivity index (χ1v) is 6.96. The summed E-state index contributed by atoms with van der Waals surface area (Å²) in [5.41, 5.74) is 4.84. The van der Waals surface area contributed by atoms with Gasteiger partial charge in [0.2, 0.25) is 5.91 Å². The van der Waals surface area contributed by atoms with Crippen molar-refractivity contribution in [1.29, 1.82) is 0 Å². The first-order valence-electron chi connectivity index (χ1n) is 6.96. The number of rotatable bonds is 3. The van der Waals surface area contributed by atoms with Gasteiger partial charge in [-0.3, -0.25) is 4.79 Å². The van der Waals surface area contributed by atoms with Gasteiger partial charge in [0.25, 0.3) is 0 Å². The molecule has 3 heteroatoms. The van der Waals surface area contributed by atoms with Gasteiger partial charge in [0.1, 0.15) is 5.58 Å². The van der Waals surface area contributed by atoms with Gasteiger partial charge in [-0.1, -0.05) is 35.9 Å². The number of para-hydroxylation sites is 1. The smallest absolute Gasteiger partial charge is 0.228 e. The molecule has 3 aromatic rings. The minimum absolute atomic E-state index is 0.0338. The minimum Gasteiger partial charge on any atom is -0.464 e. The third-order valence-corrected chi connectivity index (χ3v) is 3.57. The monoisotopic (exact) mass is 279 g/mol. The highest BCUT2D eigenvalue weighted by Crippen LogP contribution is 2.22. The van der Waals surface area contributed by atoms with E-state index in [2.05, 4.69) is 11.4 Å². The van der Waals surface area contributed by atoms with Crippen LogP contribution in [0.4, 0.5) is 5.69 Å². The normalized spacial score (nSPS) is 10.8. The largest absolute Gasteiger partial charge is 0.464 e. The Kier molecular flexibility index (Phi) is 3.48. The Morgan fingerprint density at radius 3 is 2.76 bits per heavy atom. The molecule has 0 bridgehead atoms. The summed E-state index contributed by atoms with van der Waals surface area (Å²) in [7, 11) is 0. The number of carbonyl (C=O) groups excluding carboxylic acids is 1. The van der Waals surface area contributed by atoms with Crippen molar-refractivity contribution in [3.05, 3.63) is 65.4 Å². The maximum Gasteiger partial charge on any atom is 0.228 e. The molecule has 21 heavy (non-hydrogen) atoms. The molecule has 0 atom stereocenters. The van der Waals surface area contributed by atoms with Gasteiger partial charge in [0.05, 0.1) is 12.7 Å². The van der Waals surface area contributed by atoms with Crippen LogP contribution in [-0.4, -0.2) is 5.91 Å². The average molecular weight is 279 g/mol. The van der Waals surface area contributed by atoms with E-state index >= 15 is 0 Å². The Bertz CT molecular complexity index is 802. The second kappa shape index (κ2) is 5.44. The summed E-state index contributed by atoms with van der Waals surface area (Å²) in [5, 5.41) is 3.95. The second-order valence-corrected chi connectivity index (χ2v) is 5.30. The fourth-order valence-corrected chi connectivity index (χ4v) is 2.49. The zero-order chi connectivity index (χ0) is 14.8. The maximum atomic E-state index is 12.2. The number of amides is 1. The topological polar surface area (TPSA) is 42.2 Å². The highest BCUT2D eigenvalue weighted by atomic mass is 16.3. The molecule has 106 valence electrons. The predicted octanol–water partition coefficient (Wildman–Crippen LogP) is 4.23. The quantitative estimate of drug-likeness (QED) is 0.779. The van der Waals surface area contributed by atoms with Crippen LogP contribution in [-0.2, 0) is 11.2 Å². The van der Waals surface area contributed by atoms with E-state index in [-0.39, 0.29) is 5.91 Å². The standard InChI is InChI=1S/C18H17NO2/c1-12-7-8-16(13(2)9-12)19-18(20)10-14-11-21-17-6-4-3-5-15(14)17/h3-9,11H,10H2,1-2H3,(H,19,20). The van der Waals surface area contributed by atoms with E-state index in [0.29, 0.717) is 6.42 Å². The van der Waals surface area contributed by atoms with E-state index in [9.17, 15) is 4.79 Å². The molecule has 2 aromatic carbocycles. The summed E-state index contributed by atoms with van der Waals surface area (Å²) >= 11 is 0. The lowest BCUT2D eigenvalue weighted by Crippen LogP contribution is -2.15. The summed E-state index contributed by atoms with van der Waals surface area (Å²) in [6, 6.07) is 13.7. The molecule has 0 aliphatic carbocycles. The molecule has 1 amide bonds. The highest BCUT2D eigenvalue weighted by Gasteiger charge is 2.11. The summed E-state index contributed by atoms with van der Waals surface area (Å²) < 4.78 is 5.46. The van der Waals surface area contributed by atoms with Gasteiger partial charge in [0, 0.05) is 16.6 Å². The van der Waals surface area contributed by atoms with Crippen molar-refractivity contribution >= 4 is 22.6 Å². The lowest BCUT2D eigenvalue weighted by atomic mass is 10.1. The van der Waals surface area contributed by atoms with E-state index in [1.165, 1.54) is 5.56 Å². The predicted molar refractivity (Wildman–Crippen MR) is 84.5 cm³/mol. The van der Waals surface area contributed by atoms with E-state index in [1.54, 1.807) is 6.26 Å². The SMILES string of the molecule is Cc1ccc(NC(=O)Cc2coc3ccccc23)c(C)c1. The number of hydrogen-bond donors (Lipinski definition) is 1. The van der Waals surface area contributed by atoms with Crippen molar-refractivity contribution in [2.75, 3.05) is 5.32 Å². The van der Waals surface area contributed by atoms with Gasteiger partial charge in [-0.2, -0.15) is 0 Å². The second-order valence-electron chi connectivity index (χ2n) is 5.30. The van der Waals surface area contributed by atoms with E-state index in [1.807, 2.05) is 50.2 Å². The molecular weight excluding hydrogens is 262 g/mol. The third-order valence-electron chi connectivity index (χ3n) is 3.57. The lowest BCUT2D eigenvalue weighted by Gasteiger charge is -2.08. The van der Waals surface area contributed by atoms with Crippen molar-refractivity contribution in [1.82, 2.24) is 0 Å². The van der Waals surface area contributed by atoms with Crippen LogP contribution in [0.5, 0.6) is 0 Å². The number of furan rings is 1. The van der Waals surface area contributed by atoms with Gasteiger partial charge in [-0.05, 0) is 31.5 Å². The number of hydrogen-bond acceptors (Lipinski definition) is 2. The third kappa shape index (κ3) is 2.82. The summed E-state index contributed by atoms with van der Waals surface area (Å²) in [5.74, 6) is -0.0338. The van der Waals surface area contributed by atoms with Crippen molar-refractivity contribution in [2.45, 2.75) is 20.3 Å². The Morgan fingerprint density at radius 2 is 1.95 bits per heavy atom. The Balaban J connectivity index is 1.77. The van der Waals surface area contributed by atoms with Crippen molar-refractivity contribution in [3.8, 4) is 0 Å². The molecule has 0 aliphatic rings. The number of benzene rings is 2. The summed E-state index contributed by atoms with van der Waals surface area (Å²) in [4.78, 5) is 12.2. The number of anilines is 1. The molecule has 0 radical (unpaired) electrons. The molecular formula is C18H17NO2. The Morgan fingerprint density at radius 1 is 1.14 bits per heavy atom. The zero-order valence-electron chi connectivity index (χ0n) is 12.1. The van der Waals surface area contributed by atoms with E-state index in [0.717, 1.165) is 27.8 Å². The van der Waals surface area contributed by atoms with Gasteiger partial charge in [-0.25, -0.2) is 0 Å². The molecule has 0 saturated carbocycles. The first kappa shape index (κ1) is 13.4. The van der Waals surface area contributed by atoms with Crippen LogP contribution >= 0.6 is 0 Å². The first-order chi connectivity index (χ1) is 10.1. The van der Waals surface area contributed by atoms with Crippen molar-refractivity contribution in [3.63, 3.8) is 0 Å². The van der Waals surface area contributed by atoms with Crippen LogP contribution in [0.2, 0.25) is 0 Å². The molecule has 1 heterocycles. The number of carbonyl (C=O) groups is 1. The van der Waals surface area contributed by atoms with Gasteiger partial charge in [0.15, 0.2) is 0 Å². The Hall–Kier alpha value is -2.55. The molecule has 0 spiro atoms. The zero-order valence-corrected chi connectivity index (χ0v) is 12.1. The van der Waals surface area contributed by atoms with E-state index in [4.69, 9.17) is 4.42 Å². The molecule has 0 fully saturated rings. The lowest BCUT2D eigenvalue weighted by molar-refractivity contribution is -0.115. The number of nitrogens with one attached hydrogen (secondary N) is 1. The van der Waals surface area contributed by atoms with Crippen LogP contribution in [0.1, 0.15) is 16.7 Å². The van der Waals surface area contributed by atoms with Crippen LogP contribution in [0.25, 0.3) is 11.0 Å². The highest BCUT2D eigenvalue weighted by molar-refractivity contribution is 5.95. The fraction of sp³-hybridized carbons (Fsp3) is 0.167. The van der Waals surface area contributed by atoms with Crippen LogP contribution in [0, 0.1) is 13.8 Å². The van der Waals surface area contributed by atoms with Gasteiger partial charge < -0.3 is 9.73 Å². The minimum atomic E-state index is -0.0338. The molecule has 0 aliphatic heterocycles. The summed E-state index contributed by atoms with van der Waals surface area (Å²) in [6.07, 6.45) is 1.97. The van der Waals surface area contributed by atoms with Crippen LogP contribution in [0.15, 0.2) is 53.1 Å².